The zero-order valence-corrected chi connectivity index (χ0v) is 17.1. The lowest BCUT2D eigenvalue weighted by atomic mass is 10.1. The minimum atomic E-state index is -1.14. The number of carboxylic acids is 1. The fourth-order valence-corrected chi connectivity index (χ4v) is 4.30. The molecular formula is C21H17ClN2O4S. The van der Waals surface area contributed by atoms with Crippen LogP contribution in [0.1, 0.15) is 35.5 Å². The van der Waals surface area contributed by atoms with Crippen LogP contribution >= 0.6 is 22.9 Å². The molecule has 0 saturated heterocycles. The highest BCUT2D eigenvalue weighted by molar-refractivity contribution is 7.17. The molecule has 0 spiro atoms. The molecule has 148 valence electrons. The third kappa shape index (κ3) is 3.71. The largest absolute Gasteiger partial charge is 0.475 e. The number of carboxylic acid groups (broad SMARTS) is 1. The summed E-state index contributed by atoms with van der Waals surface area (Å²) < 4.78 is 6.93. The number of aromatic nitrogens is 2. The molecule has 0 unspecified atom stereocenters. The number of fused-ring (bicyclic) bond motifs is 1. The van der Waals surface area contributed by atoms with Crippen LogP contribution < -0.4 is 5.56 Å². The average Bonchev–Trinajstić information content (AvgIpc) is 3.33. The predicted octanol–water partition coefficient (Wildman–Crippen LogP) is 5.07. The molecule has 0 fully saturated rings. The van der Waals surface area contributed by atoms with Crippen molar-refractivity contribution in [3.8, 4) is 11.1 Å². The van der Waals surface area contributed by atoms with Gasteiger partial charge >= 0.3 is 5.97 Å². The molecule has 0 aliphatic heterocycles. The summed E-state index contributed by atoms with van der Waals surface area (Å²) in [4.78, 5) is 29.9. The van der Waals surface area contributed by atoms with Crippen LogP contribution in [0.3, 0.4) is 0 Å². The van der Waals surface area contributed by atoms with E-state index in [4.69, 9.17) is 26.1 Å². The molecule has 29 heavy (non-hydrogen) atoms. The van der Waals surface area contributed by atoms with Gasteiger partial charge in [0.05, 0.1) is 11.9 Å². The van der Waals surface area contributed by atoms with E-state index >= 15 is 0 Å². The van der Waals surface area contributed by atoms with Crippen LogP contribution in [0.2, 0.25) is 5.02 Å². The zero-order valence-electron chi connectivity index (χ0n) is 15.5. The monoisotopic (exact) mass is 428 g/mol. The Morgan fingerprint density at radius 2 is 2.00 bits per heavy atom. The van der Waals surface area contributed by atoms with Gasteiger partial charge in [-0.1, -0.05) is 30.7 Å². The van der Waals surface area contributed by atoms with Crippen molar-refractivity contribution in [3.05, 3.63) is 74.5 Å². The van der Waals surface area contributed by atoms with E-state index in [1.807, 2.05) is 24.4 Å². The van der Waals surface area contributed by atoms with Crippen molar-refractivity contribution in [2.24, 2.45) is 0 Å². The third-order valence-electron chi connectivity index (χ3n) is 4.59. The minimum absolute atomic E-state index is 0.125. The maximum absolute atomic E-state index is 13.4. The fourth-order valence-electron chi connectivity index (χ4n) is 3.22. The first kappa shape index (κ1) is 19.4. The predicted molar refractivity (Wildman–Crippen MR) is 113 cm³/mol. The Morgan fingerprint density at radius 3 is 2.66 bits per heavy atom. The van der Waals surface area contributed by atoms with Crippen LogP contribution in [0.5, 0.6) is 0 Å². The molecule has 0 radical (unpaired) electrons. The van der Waals surface area contributed by atoms with Gasteiger partial charge in [-0.05, 0) is 36.2 Å². The summed E-state index contributed by atoms with van der Waals surface area (Å²) in [5.41, 5.74) is 1.53. The van der Waals surface area contributed by atoms with Crippen molar-refractivity contribution < 1.29 is 14.3 Å². The van der Waals surface area contributed by atoms with E-state index in [9.17, 15) is 9.59 Å². The van der Waals surface area contributed by atoms with Crippen molar-refractivity contribution in [3.63, 3.8) is 0 Å². The number of nitrogens with zero attached hydrogens (tertiary/aromatic N) is 2. The van der Waals surface area contributed by atoms with Crippen molar-refractivity contribution in [1.29, 1.82) is 0 Å². The summed E-state index contributed by atoms with van der Waals surface area (Å²) in [6.45, 7) is 2.14. The van der Waals surface area contributed by atoms with E-state index in [0.29, 0.717) is 33.2 Å². The lowest BCUT2D eigenvalue weighted by Crippen LogP contribution is -2.25. The van der Waals surface area contributed by atoms with Crippen LogP contribution in [-0.4, -0.2) is 20.6 Å². The maximum atomic E-state index is 13.4. The van der Waals surface area contributed by atoms with Crippen LogP contribution in [-0.2, 0) is 13.0 Å². The average molecular weight is 429 g/mol. The minimum Gasteiger partial charge on any atom is -0.475 e. The van der Waals surface area contributed by atoms with Gasteiger partial charge in [0.1, 0.15) is 16.4 Å². The quantitative estimate of drug-likeness (QED) is 0.463. The van der Waals surface area contributed by atoms with Gasteiger partial charge in [-0.2, -0.15) is 0 Å². The van der Waals surface area contributed by atoms with E-state index in [2.05, 4.69) is 0 Å². The maximum Gasteiger partial charge on any atom is 0.371 e. The molecule has 4 rings (SSSR count). The highest BCUT2D eigenvalue weighted by atomic mass is 35.5. The summed E-state index contributed by atoms with van der Waals surface area (Å²) in [5, 5.41) is 12.2. The summed E-state index contributed by atoms with van der Waals surface area (Å²) >= 11 is 7.42. The van der Waals surface area contributed by atoms with Gasteiger partial charge in [0.2, 0.25) is 5.76 Å². The van der Waals surface area contributed by atoms with Crippen molar-refractivity contribution >= 4 is 39.1 Å². The summed E-state index contributed by atoms with van der Waals surface area (Å²) in [6, 6.07) is 10.3. The first-order valence-corrected chi connectivity index (χ1v) is 10.3. The number of aromatic carboxylic acids is 1. The highest BCUT2D eigenvalue weighted by Gasteiger charge is 2.18. The number of hydrogen-bond acceptors (Lipinski definition) is 5. The first-order chi connectivity index (χ1) is 14.0. The second kappa shape index (κ2) is 7.85. The number of carbonyl (C=O) groups is 1. The summed E-state index contributed by atoms with van der Waals surface area (Å²) in [5.74, 6) is -0.251. The number of halogens is 1. The molecule has 3 aromatic heterocycles. The number of aryl methyl sites for hydroxylation is 1. The number of rotatable bonds is 6. The second-order valence-electron chi connectivity index (χ2n) is 6.58. The smallest absolute Gasteiger partial charge is 0.371 e. The lowest BCUT2D eigenvalue weighted by molar-refractivity contribution is 0.0660. The summed E-state index contributed by atoms with van der Waals surface area (Å²) in [6.07, 6.45) is 1.46. The van der Waals surface area contributed by atoms with Gasteiger partial charge in [-0.25, -0.2) is 9.78 Å². The molecule has 3 heterocycles. The Hall–Kier alpha value is -2.90. The number of hydrogen-bond donors (Lipinski definition) is 1. The molecule has 0 atom stereocenters. The van der Waals surface area contributed by atoms with Gasteiger partial charge in [-0.15, -0.1) is 11.3 Å². The number of thiophene rings is 1. The first-order valence-electron chi connectivity index (χ1n) is 9.06. The lowest BCUT2D eigenvalue weighted by Gasteiger charge is -2.11. The van der Waals surface area contributed by atoms with Crippen molar-refractivity contribution in [2.45, 2.75) is 26.3 Å². The van der Waals surface area contributed by atoms with Crippen LogP contribution in [0.4, 0.5) is 0 Å². The Balaban J connectivity index is 1.86. The SMILES string of the molecule is CCCc1nc2scc(-c3ccc(Cl)cc3)c2c(=O)n1Cc1ccc(C(=O)O)o1. The molecule has 0 aliphatic carbocycles. The van der Waals surface area contributed by atoms with E-state index in [1.165, 1.54) is 17.4 Å². The van der Waals surface area contributed by atoms with Crippen molar-refractivity contribution in [1.82, 2.24) is 9.55 Å². The van der Waals surface area contributed by atoms with E-state index in [1.54, 1.807) is 22.8 Å². The van der Waals surface area contributed by atoms with E-state index in [0.717, 1.165) is 17.5 Å². The number of furan rings is 1. The molecule has 8 heteroatoms. The zero-order chi connectivity index (χ0) is 20.5. The fraction of sp³-hybridized carbons (Fsp3) is 0.190. The van der Waals surface area contributed by atoms with Gasteiger partial charge in [0.15, 0.2) is 0 Å². The molecule has 6 nitrogen and oxygen atoms in total. The Labute approximate surface area is 175 Å². The van der Waals surface area contributed by atoms with Gasteiger partial charge in [-0.3, -0.25) is 9.36 Å². The Kier molecular flexibility index (Phi) is 5.25. The third-order valence-corrected chi connectivity index (χ3v) is 5.71. The van der Waals surface area contributed by atoms with Gasteiger partial charge in [0.25, 0.3) is 5.56 Å². The molecule has 0 aliphatic rings. The van der Waals surface area contributed by atoms with Crippen LogP contribution in [0.25, 0.3) is 21.3 Å². The topological polar surface area (TPSA) is 85.3 Å². The molecule has 0 saturated carbocycles. The van der Waals surface area contributed by atoms with Gasteiger partial charge < -0.3 is 9.52 Å². The highest BCUT2D eigenvalue weighted by Crippen LogP contribution is 2.32. The Bertz CT molecular complexity index is 1250. The standard InChI is InChI=1S/C21H17ClN2O4S/c1-2-3-17-23-19-18(15(11-29-19)12-4-6-13(22)7-5-12)20(25)24(17)10-14-8-9-16(28-14)21(26)27/h4-9,11H,2-3,10H2,1H3,(H,26,27). The molecule has 4 aromatic rings. The molecular weight excluding hydrogens is 412 g/mol. The second-order valence-corrected chi connectivity index (χ2v) is 7.87. The van der Waals surface area contributed by atoms with Crippen LogP contribution in [0, 0.1) is 0 Å². The van der Waals surface area contributed by atoms with E-state index in [-0.39, 0.29) is 17.9 Å². The molecule has 1 aromatic carbocycles. The molecule has 0 amide bonds. The molecule has 0 bridgehead atoms. The van der Waals surface area contributed by atoms with Gasteiger partial charge in [0, 0.05) is 22.4 Å². The normalized spacial score (nSPS) is 11.2. The number of benzene rings is 1. The molecule has 1 N–H and O–H groups in total. The van der Waals surface area contributed by atoms with Crippen molar-refractivity contribution in [2.75, 3.05) is 0 Å². The van der Waals surface area contributed by atoms with Crippen LogP contribution in [0.15, 0.2) is 51.0 Å². The Morgan fingerprint density at radius 1 is 1.24 bits per heavy atom. The summed E-state index contributed by atoms with van der Waals surface area (Å²) in [7, 11) is 0. The van der Waals surface area contributed by atoms with E-state index < -0.39 is 5.97 Å².